The van der Waals surface area contributed by atoms with Gasteiger partial charge in [-0.05, 0) is 73.6 Å². The number of ether oxygens (including phenoxy) is 1. The molecule has 7 heteroatoms. The normalized spacial score (nSPS) is 14.1. The Kier molecular flexibility index (Phi) is 7.22. The van der Waals surface area contributed by atoms with Gasteiger partial charge in [0.15, 0.2) is 0 Å². The lowest BCUT2D eigenvalue weighted by Gasteiger charge is -2.26. The van der Waals surface area contributed by atoms with Gasteiger partial charge in [-0.25, -0.2) is 8.42 Å². The van der Waals surface area contributed by atoms with Crippen molar-refractivity contribution in [1.29, 1.82) is 0 Å². The molecule has 0 radical (unpaired) electrons. The Morgan fingerprint density at radius 3 is 2.44 bits per heavy atom. The van der Waals surface area contributed by atoms with E-state index >= 15 is 0 Å². The predicted molar refractivity (Wildman–Crippen MR) is 134 cm³/mol. The molecule has 6 nitrogen and oxygen atoms in total. The fourth-order valence-corrected chi connectivity index (χ4v) is 5.76. The van der Waals surface area contributed by atoms with Gasteiger partial charge in [0.05, 0.1) is 23.7 Å². The minimum Gasteiger partial charge on any atom is -0.497 e. The van der Waals surface area contributed by atoms with Gasteiger partial charge in [-0.3, -0.25) is 9.10 Å². The molecule has 1 N–H and O–H groups in total. The molecule has 0 saturated heterocycles. The van der Waals surface area contributed by atoms with Gasteiger partial charge in [0.25, 0.3) is 10.0 Å². The number of hydrogen-bond acceptors (Lipinski definition) is 4. The van der Waals surface area contributed by atoms with E-state index in [4.69, 9.17) is 4.74 Å². The summed E-state index contributed by atoms with van der Waals surface area (Å²) in [6.45, 7) is 1.57. The van der Waals surface area contributed by atoms with Gasteiger partial charge in [0, 0.05) is 6.07 Å². The van der Waals surface area contributed by atoms with E-state index < -0.39 is 10.0 Å². The number of sulfonamides is 1. The van der Waals surface area contributed by atoms with Crippen LogP contribution in [0.2, 0.25) is 0 Å². The molecule has 1 amide bonds. The molecule has 0 fully saturated rings. The van der Waals surface area contributed by atoms with Crippen LogP contribution in [0.15, 0.2) is 77.7 Å². The zero-order valence-electron chi connectivity index (χ0n) is 19.5. The van der Waals surface area contributed by atoms with Crippen molar-refractivity contribution in [2.75, 3.05) is 18.0 Å². The van der Waals surface area contributed by atoms with Crippen LogP contribution in [0.1, 0.15) is 42.5 Å². The molecule has 1 atom stereocenters. The standard InChI is InChI=1S/C27H30N2O4S/c1-20(22-16-15-21-9-6-7-10-23(21)17-22)28-27(30)19-29(24-11-8-12-25(18-24)33-2)34(31,32)26-13-4-3-5-14-26/h3-5,8,11-18,20H,6-7,9-10,19H2,1-2H3,(H,28,30). The van der Waals surface area contributed by atoms with Crippen molar-refractivity contribution in [2.45, 2.75) is 43.5 Å². The van der Waals surface area contributed by atoms with Gasteiger partial charge in [0.1, 0.15) is 12.3 Å². The molecule has 0 saturated carbocycles. The van der Waals surface area contributed by atoms with Crippen LogP contribution in [-0.2, 0) is 27.7 Å². The van der Waals surface area contributed by atoms with Gasteiger partial charge in [0.2, 0.25) is 5.91 Å². The van der Waals surface area contributed by atoms with Crippen molar-refractivity contribution < 1.29 is 17.9 Å². The second kappa shape index (κ2) is 10.3. The highest BCUT2D eigenvalue weighted by molar-refractivity contribution is 7.92. The molecular formula is C27H30N2O4S. The molecule has 1 aliphatic rings. The summed E-state index contributed by atoms with van der Waals surface area (Å²) in [7, 11) is -2.45. The largest absolute Gasteiger partial charge is 0.497 e. The zero-order valence-corrected chi connectivity index (χ0v) is 20.3. The van der Waals surface area contributed by atoms with E-state index in [1.165, 1.54) is 43.2 Å². The number of rotatable bonds is 8. The first kappa shape index (κ1) is 23.8. The van der Waals surface area contributed by atoms with E-state index in [-0.39, 0.29) is 23.4 Å². The quantitative estimate of drug-likeness (QED) is 0.512. The summed E-state index contributed by atoms with van der Waals surface area (Å²) in [5, 5.41) is 2.98. The summed E-state index contributed by atoms with van der Waals surface area (Å²) < 4.78 is 33.4. The van der Waals surface area contributed by atoms with E-state index in [1.54, 1.807) is 42.5 Å². The molecule has 34 heavy (non-hydrogen) atoms. The zero-order chi connectivity index (χ0) is 24.1. The number of carbonyl (C=O) groups is 1. The van der Waals surface area contributed by atoms with Crippen LogP contribution in [0, 0.1) is 0 Å². The third kappa shape index (κ3) is 5.25. The summed E-state index contributed by atoms with van der Waals surface area (Å²) in [5.74, 6) is 0.126. The molecule has 1 unspecified atom stereocenters. The number of fused-ring (bicyclic) bond motifs is 1. The van der Waals surface area contributed by atoms with E-state index in [9.17, 15) is 13.2 Å². The first-order valence-electron chi connectivity index (χ1n) is 11.5. The van der Waals surface area contributed by atoms with Crippen molar-refractivity contribution in [3.05, 3.63) is 89.5 Å². The van der Waals surface area contributed by atoms with Gasteiger partial charge >= 0.3 is 0 Å². The molecule has 4 rings (SSSR count). The van der Waals surface area contributed by atoms with Crippen molar-refractivity contribution in [3.8, 4) is 5.75 Å². The van der Waals surface area contributed by atoms with Gasteiger partial charge in [-0.15, -0.1) is 0 Å². The lowest BCUT2D eigenvalue weighted by molar-refractivity contribution is -0.120. The smallest absolute Gasteiger partial charge is 0.264 e. The Hall–Kier alpha value is -3.32. The molecule has 0 aliphatic heterocycles. The molecule has 3 aromatic rings. The van der Waals surface area contributed by atoms with Crippen molar-refractivity contribution in [3.63, 3.8) is 0 Å². The molecule has 0 spiro atoms. The minimum absolute atomic E-state index is 0.119. The second-order valence-corrected chi connectivity index (χ2v) is 10.4. The fraction of sp³-hybridized carbons (Fsp3) is 0.296. The molecule has 3 aromatic carbocycles. The van der Waals surface area contributed by atoms with Crippen molar-refractivity contribution in [2.24, 2.45) is 0 Å². The second-order valence-electron chi connectivity index (χ2n) is 8.55. The Morgan fingerprint density at radius 2 is 1.71 bits per heavy atom. The van der Waals surface area contributed by atoms with Crippen LogP contribution in [0.3, 0.4) is 0 Å². The third-order valence-electron chi connectivity index (χ3n) is 6.21. The maximum absolute atomic E-state index is 13.5. The average molecular weight is 479 g/mol. The van der Waals surface area contributed by atoms with E-state index in [2.05, 4.69) is 23.5 Å². The Labute approximate surface area is 201 Å². The van der Waals surface area contributed by atoms with Crippen LogP contribution >= 0.6 is 0 Å². The monoisotopic (exact) mass is 478 g/mol. The number of anilines is 1. The Balaban J connectivity index is 1.58. The van der Waals surface area contributed by atoms with E-state index in [0.717, 1.165) is 22.7 Å². The summed E-state index contributed by atoms with van der Waals surface area (Å²) in [6, 6.07) is 20.9. The van der Waals surface area contributed by atoms with E-state index in [0.29, 0.717) is 11.4 Å². The number of nitrogens with zero attached hydrogens (tertiary/aromatic N) is 1. The maximum Gasteiger partial charge on any atom is 0.264 e. The number of aryl methyl sites for hydroxylation is 2. The first-order chi connectivity index (χ1) is 16.4. The summed E-state index contributed by atoms with van der Waals surface area (Å²) in [5.41, 5.74) is 4.11. The highest BCUT2D eigenvalue weighted by Gasteiger charge is 2.28. The van der Waals surface area contributed by atoms with Crippen LogP contribution in [0.4, 0.5) is 5.69 Å². The number of methoxy groups -OCH3 is 1. The highest BCUT2D eigenvalue weighted by Crippen LogP contribution is 2.28. The van der Waals surface area contributed by atoms with Crippen molar-refractivity contribution >= 4 is 21.6 Å². The number of nitrogens with one attached hydrogen (secondary N) is 1. The molecule has 0 heterocycles. The van der Waals surface area contributed by atoms with Crippen LogP contribution < -0.4 is 14.4 Å². The van der Waals surface area contributed by atoms with Gasteiger partial charge in [-0.1, -0.05) is 42.5 Å². The summed E-state index contributed by atoms with van der Waals surface area (Å²) >= 11 is 0. The first-order valence-corrected chi connectivity index (χ1v) is 13.0. The Bertz CT molecular complexity index is 1260. The number of amides is 1. The van der Waals surface area contributed by atoms with Gasteiger partial charge in [-0.2, -0.15) is 0 Å². The summed E-state index contributed by atoms with van der Waals surface area (Å²) in [6.07, 6.45) is 4.56. The number of carbonyl (C=O) groups excluding carboxylic acids is 1. The van der Waals surface area contributed by atoms with Crippen LogP contribution in [0.5, 0.6) is 5.75 Å². The third-order valence-corrected chi connectivity index (χ3v) is 8.00. The fourth-order valence-electron chi connectivity index (χ4n) is 4.32. The average Bonchev–Trinajstić information content (AvgIpc) is 2.87. The number of hydrogen-bond donors (Lipinski definition) is 1. The maximum atomic E-state index is 13.5. The Morgan fingerprint density at radius 1 is 0.971 bits per heavy atom. The van der Waals surface area contributed by atoms with Gasteiger partial charge < -0.3 is 10.1 Å². The highest BCUT2D eigenvalue weighted by atomic mass is 32.2. The van der Waals surface area contributed by atoms with Crippen LogP contribution in [0.25, 0.3) is 0 Å². The topological polar surface area (TPSA) is 75.7 Å². The van der Waals surface area contributed by atoms with Crippen molar-refractivity contribution in [1.82, 2.24) is 5.32 Å². The SMILES string of the molecule is COc1cccc(N(CC(=O)NC(C)c2ccc3c(c2)CCCC3)S(=O)(=O)c2ccccc2)c1. The molecule has 0 bridgehead atoms. The lowest BCUT2D eigenvalue weighted by atomic mass is 9.89. The minimum atomic E-state index is -3.97. The summed E-state index contributed by atoms with van der Waals surface area (Å²) in [4.78, 5) is 13.2. The lowest BCUT2D eigenvalue weighted by Crippen LogP contribution is -2.41. The molecular weight excluding hydrogens is 448 g/mol. The molecule has 0 aromatic heterocycles. The van der Waals surface area contributed by atoms with Crippen LogP contribution in [-0.4, -0.2) is 28.0 Å². The number of benzene rings is 3. The van der Waals surface area contributed by atoms with E-state index in [1.807, 2.05) is 6.92 Å². The molecule has 1 aliphatic carbocycles. The predicted octanol–water partition coefficient (Wildman–Crippen LogP) is 4.65. The molecule has 178 valence electrons.